The van der Waals surface area contributed by atoms with Gasteiger partial charge in [0.05, 0.1) is 12.2 Å². The monoisotopic (exact) mass is 583 g/mol. The fraction of sp³-hybridized carbons (Fsp3) is 0.567. The number of nitrogens with two attached hydrogens (primary N) is 1. The minimum absolute atomic E-state index is 0. The molecule has 1 saturated heterocycles. The van der Waals surface area contributed by atoms with Crippen molar-refractivity contribution in [2.24, 2.45) is 5.73 Å². The normalized spacial score (nSPS) is 14.5. The SMILES string of the molecule is Cl.N=C(N)N(CCCCN1CCN(CCCCCCCOc2ccccc2)CC1)Cc1ccc(C(F)(F)F)cc1. The molecule has 1 aliphatic heterocycles. The lowest BCUT2D eigenvalue weighted by Gasteiger charge is -2.34. The van der Waals surface area contributed by atoms with Crippen LogP contribution < -0.4 is 10.5 Å². The van der Waals surface area contributed by atoms with Gasteiger partial charge >= 0.3 is 6.18 Å². The summed E-state index contributed by atoms with van der Waals surface area (Å²) in [5.74, 6) is 0.899. The summed E-state index contributed by atoms with van der Waals surface area (Å²) in [5, 5.41) is 7.84. The van der Waals surface area contributed by atoms with E-state index < -0.39 is 11.7 Å². The van der Waals surface area contributed by atoms with Crippen LogP contribution in [0.5, 0.6) is 5.75 Å². The summed E-state index contributed by atoms with van der Waals surface area (Å²) in [4.78, 5) is 6.78. The minimum Gasteiger partial charge on any atom is -0.494 e. The number of ether oxygens (including phenoxy) is 1. The van der Waals surface area contributed by atoms with Crippen LogP contribution in [0, 0.1) is 5.41 Å². The van der Waals surface area contributed by atoms with Gasteiger partial charge in [0.1, 0.15) is 5.75 Å². The van der Waals surface area contributed by atoms with Crippen LogP contribution >= 0.6 is 12.4 Å². The Labute approximate surface area is 243 Å². The van der Waals surface area contributed by atoms with E-state index in [9.17, 15) is 13.2 Å². The maximum atomic E-state index is 12.8. The molecule has 1 fully saturated rings. The summed E-state index contributed by atoms with van der Waals surface area (Å²) in [7, 11) is 0. The number of unbranched alkanes of at least 4 members (excludes halogenated alkanes) is 5. The van der Waals surface area contributed by atoms with E-state index in [1.54, 1.807) is 4.90 Å². The van der Waals surface area contributed by atoms with Crippen LogP contribution in [0.4, 0.5) is 13.2 Å². The van der Waals surface area contributed by atoms with Crippen molar-refractivity contribution >= 4 is 18.4 Å². The topological polar surface area (TPSA) is 68.8 Å². The van der Waals surface area contributed by atoms with Gasteiger partial charge in [-0.3, -0.25) is 5.41 Å². The number of rotatable bonds is 16. The zero-order chi connectivity index (χ0) is 27.9. The van der Waals surface area contributed by atoms with Crippen molar-refractivity contribution in [3.8, 4) is 5.75 Å². The van der Waals surface area contributed by atoms with Gasteiger partial charge in [-0.15, -0.1) is 12.4 Å². The van der Waals surface area contributed by atoms with E-state index in [0.29, 0.717) is 18.7 Å². The Kier molecular flexibility index (Phi) is 15.2. The predicted octanol–water partition coefficient (Wildman–Crippen LogP) is 6.25. The van der Waals surface area contributed by atoms with E-state index in [4.69, 9.17) is 15.9 Å². The highest BCUT2D eigenvalue weighted by Gasteiger charge is 2.30. The largest absolute Gasteiger partial charge is 0.494 e. The number of nitrogens with zero attached hydrogens (tertiary/aromatic N) is 3. The molecule has 40 heavy (non-hydrogen) atoms. The second kappa shape index (κ2) is 18.0. The Morgan fingerprint density at radius 1 is 0.800 bits per heavy atom. The van der Waals surface area contributed by atoms with Gasteiger partial charge in [0.25, 0.3) is 0 Å². The number of halogens is 4. The molecule has 0 aromatic heterocycles. The number of alkyl halides is 3. The van der Waals surface area contributed by atoms with Crippen LogP contribution in [0.3, 0.4) is 0 Å². The molecule has 1 heterocycles. The molecule has 0 amide bonds. The molecule has 0 atom stereocenters. The number of guanidine groups is 1. The van der Waals surface area contributed by atoms with E-state index in [1.807, 2.05) is 30.3 Å². The van der Waals surface area contributed by atoms with Crippen LogP contribution in [0.1, 0.15) is 56.1 Å². The van der Waals surface area contributed by atoms with Crippen molar-refractivity contribution < 1.29 is 17.9 Å². The summed E-state index contributed by atoms with van der Waals surface area (Å²) in [6.07, 6.45) is 3.64. The van der Waals surface area contributed by atoms with Gasteiger partial charge in [0, 0.05) is 39.3 Å². The number of hydrogen-bond donors (Lipinski definition) is 2. The van der Waals surface area contributed by atoms with Gasteiger partial charge in [-0.05, 0) is 68.6 Å². The third kappa shape index (κ3) is 12.8. The highest BCUT2D eigenvalue weighted by Crippen LogP contribution is 2.29. The summed E-state index contributed by atoms with van der Waals surface area (Å²) < 4.78 is 44.1. The Morgan fingerprint density at radius 2 is 1.35 bits per heavy atom. The molecule has 3 N–H and O–H groups in total. The van der Waals surface area contributed by atoms with Crippen molar-refractivity contribution in [2.45, 2.75) is 57.7 Å². The number of piperazine rings is 1. The summed E-state index contributed by atoms with van der Waals surface area (Å²) in [5.41, 5.74) is 5.78. The molecular formula is C30H45ClF3N5O. The highest BCUT2D eigenvalue weighted by molar-refractivity contribution is 5.85. The van der Waals surface area contributed by atoms with Crippen LogP contribution in [-0.4, -0.2) is 73.1 Å². The molecule has 0 spiro atoms. The standard InChI is InChI=1S/C30H44F3N5O.ClH/c31-30(32,33)27-15-13-26(14-16-27)25-38(29(34)35)19-9-8-18-37-22-20-36(21-23-37)17-7-2-1-3-10-24-39-28-11-5-4-6-12-28;/h4-6,11-16H,1-3,7-10,17-25H2,(H3,34,35);1H. The second-order valence-corrected chi connectivity index (χ2v) is 10.3. The van der Waals surface area contributed by atoms with Gasteiger partial charge in [0.15, 0.2) is 5.96 Å². The average molecular weight is 584 g/mol. The highest BCUT2D eigenvalue weighted by atomic mass is 35.5. The maximum Gasteiger partial charge on any atom is 0.416 e. The van der Waals surface area contributed by atoms with E-state index in [1.165, 1.54) is 44.4 Å². The molecule has 2 aromatic carbocycles. The lowest BCUT2D eigenvalue weighted by Crippen LogP contribution is -2.46. The van der Waals surface area contributed by atoms with Crippen molar-refractivity contribution in [1.29, 1.82) is 5.41 Å². The van der Waals surface area contributed by atoms with E-state index in [0.717, 1.165) is 76.5 Å². The molecule has 1 aliphatic rings. The van der Waals surface area contributed by atoms with E-state index >= 15 is 0 Å². The number of benzene rings is 2. The van der Waals surface area contributed by atoms with Crippen molar-refractivity contribution in [2.75, 3.05) is 52.4 Å². The minimum atomic E-state index is -4.34. The Morgan fingerprint density at radius 3 is 1.93 bits per heavy atom. The molecule has 3 rings (SSSR count). The van der Waals surface area contributed by atoms with Crippen molar-refractivity contribution in [3.05, 3.63) is 65.7 Å². The molecule has 0 unspecified atom stereocenters. The smallest absolute Gasteiger partial charge is 0.416 e. The predicted molar refractivity (Wildman–Crippen MR) is 158 cm³/mol. The first-order valence-corrected chi connectivity index (χ1v) is 14.2. The summed E-state index contributed by atoms with van der Waals surface area (Å²) in [6.45, 7) is 8.32. The first-order chi connectivity index (χ1) is 18.8. The van der Waals surface area contributed by atoms with E-state index in [2.05, 4.69) is 9.80 Å². The molecule has 0 aliphatic carbocycles. The molecule has 6 nitrogen and oxygen atoms in total. The lowest BCUT2D eigenvalue weighted by atomic mass is 10.1. The number of para-hydroxylation sites is 1. The van der Waals surface area contributed by atoms with E-state index in [-0.39, 0.29) is 18.4 Å². The van der Waals surface area contributed by atoms with Gasteiger partial charge in [-0.25, -0.2) is 0 Å². The number of hydrogen-bond acceptors (Lipinski definition) is 4. The Hall–Kier alpha value is -2.49. The van der Waals surface area contributed by atoms with Crippen LogP contribution in [0.2, 0.25) is 0 Å². The molecule has 10 heteroatoms. The molecular weight excluding hydrogens is 539 g/mol. The Bertz CT molecular complexity index is 954. The fourth-order valence-electron chi connectivity index (χ4n) is 4.85. The molecule has 2 aromatic rings. The summed E-state index contributed by atoms with van der Waals surface area (Å²) >= 11 is 0. The van der Waals surface area contributed by atoms with Gasteiger partial charge in [0.2, 0.25) is 0 Å². The van der Waals surface area contributed by atoms with Crippen molar-refractivity contribution in [1.82, 2.24) is 14.7 Å². The molecule has 224 valence electrons. The molecule has 0 saturated carbocycles. The van der Waals surface area contributed by atoms with Gasteiger partial charge in [-0.2, -0.15) is 13.2 Å². The number of nitrogens with one attached hydrogen (secondary N) is 1. The molecule has 0 radical (unpaired) electrons. The zero-order valence-electron chi connectivity index (χ0n) is 23.4. The Balaban J connectivity index is 0.00000560. The van der Waals surface area contributed by atoms with Crippen LogP contribution in [0.25, 0.3) is 0 Å². The third-order valence-corrected chi connectivity index (χ3v) is 7.24. The fourth-order valence-corrected chi connectivity index (χ4v) is 4.85. The average Bonchev–Trinajstić information content (AvgIpc) is 2.93. The van der Waals surface area contributed by atoms with Crippen molar-refractivity contribution in [3.63, 3.8) is 0 Å². The first-order valence-electron chi connectivity index (χ1n) is 14.2. The van der Waals surface area contributed by atoms with Gasteiger partial charge < -0.3 is 25.2 Å². The molecule has 0 bridgehead atoms. The van der Waals surface area contributed by atoms with Gasteiger partial charge in [-0.1, -0.05) is 49.6 Å². The first kappa shape index (κ1) is 33.7. The summed E-state index contributed by atoms with van der Waals surface area (Å²) in [6, 6.07) is 15.1. The van der Waals surface area contributed by atoms with Crippen LogP contribution in [-0.2, 0) is 12.7 Å². The lowest BCUT2D eigenvalue weighted by molar-refractivity contribution is -0.137. The van der Waals surface area contributed by atoms with Crippen LogP contribution in [0.15, 0.2) is 54.6 Å². The quantitative estimate of drug-likeness (QED) is 0.139. The zero-order valence-corrected chi connectivity index (χ0v) is 24.2. The maximum absolute atomic E-state index is 12.8. The third-order valence-electron chi connectivity index (χ3n) is 7.24. The second-order valence-electron chi connectivity index (χ2n) is 10.3.